The topological polar surface area (TPSA) is 47.6 Å². The van der Waals surface area contributed by atoms with Crippen LogP contribution in [0.1, 0.15) is 27.2 Å². The van der Waals surface area contributed by atoms with E-state index in [2.05, 4.69) is 74.6 Å². The van der Waals surface area contributed by atoms with Crippen LogP contribution in [0.4, 0.5) is 0 Å². The van der Waals surface area contributed by atoms with Crippen LogP contribution in [0.2, 0.25) is 5.04 Å². The lowest BCUT2D eigenvalue weighted by Gasteiger charge is -2.44. The molecule has 5 heteroatoms. The van der Waals surface area contributed by atoms with Gasteiger partial charge in [-0.3, -0.25) is 4.79 Å². The van der Waals surface area contributed by atoms with Crippen LogP contribution in [0.3, 0.4) is 0 Å². The van der Waals surface area contributed by atoms with Crippen molar-refractivity contribution in [3.05, 3.63) is 60.7 Å². The zero-order valence-electron chi connectivity index (χ0n) is 16.6. The Kier molecular flexibility index (Phi) is 5.84. The van der Waals surface area contributed by atoms with E-state index >= 15 is 0 Å². The minimum Gasteiger partial charge on any atom is -0.468 e. The van der Waals surface area contributed by atoms with Gasteiger partial charge in [0, 0.05) is 6.54 Å². The fraction of sp³-hybridized carbons (Fsp3) is 0.409. The summed E-state index contributed by atoms with van der Waals surface area (Å²) in [4.78, 5) is 11.9. The van der Waals surface area contributed by atoms with Crippen LogP contribution >= 0.6 is 0 Å². The lowest BCUT2D eigenvalue weighted by atomic mass is 10.2. The van der Waals surface area contributed by atoms with Gasteiger partial charge in [-0.15, -0.1) is 0 Å². The van der Waals surface area contributed by atoms with Crippen molar-refractivity contribution >= 4 is 24.7 Å². The van der Waals surface area contributed by atoms with Crippen molar-refractivity contribution in [2.75, 3.05) is 13.7 Å². The molecule has 0 radical (unpaired) electrons. The highest BCUT2D eigenvalue weighted by Crippen LogP contribution is 2.38. The zero-order valence-corrected chi connectivity index (χ0v) is 17.6. The maximum atomic E-state index is 11.9. The average molecular weight is 384 g/mol. The van der Waals surface area contributed by atoms with Gasteiger partial charge >= 0.3 is 5.97 Å². The van der Waals surface area contributed by atoms with Gasteiger partial charge in [0.15, 0.2) is 0 Å². The Morgan fingerprint density at radius 3 is 1.96 bits per heavy atom. The fourth-order valence-electron chi connectivity index (χ4n) is 4.06. The van der Waals surface area contributed by atoms with Crippen LogP contribution < -0.4 is 15.7 Å². The second kappa shape index (κ2) is 7.96. The number of carbonyl (C=O) groups is 1. The SMILES string of the molecule is COC(=O)[C@H]1C[C@H](O[Si](c2ccccc2)(c2ccccc2)C(C)(C)C)CN1. The van der Waals surface area contributed by atoms with Gasteiger partial charge < -0.3 is 14.5 Å². The van der Waals surface area contributed by atoms with Gasteiger partial charge in [-0.05, 0) is 21.8 Å². The molecule has 0 saturated carbocycles. The zero-order chi connectivity index (χ0) is 19.5. The summed E-state index contributed by atoms with van der Waals surface area (Å²) >= 11 is 0. The molecule has 2 atom stereocenters. The largest absolute Gasteiger partial charge is 0.468 e. The van der Waals surface area contributed by atoms with Gasteiger partial charge in [-0.2, -0.15) is 0 Å². The number of carbonyl (C=O) groups excluding carboxylic acids is 1. The average Bonchev–Trinajstić information content (AvgIpc) is 3.14. The van der Waals surface area contributed by atoms with Crippen molar-refractivity contribution < 1.29 is 14.0 Å². The van der Waals surface area contributed by atoms with E-state index in [0.717, 1.165) is 0 Å². The van der Waals surface area contributed by atoms with Crippen LogP contribution in [0.15, 0.2) is 60.7 Å². The van der Waals surface area contributed by atoms with Gasteiger partial charge in [-0.25, -0.2) is 0 Å². The molecule has 0 aliphatic carbocycles. The molecule has 3 rings (SSSR count). The monoisotopic (exact) mass is 383 g/mol. The molecule has 0 amide bonds. The Hall–Kier alpha value is -1.95. The summed E-state index contributed by atoms with van der Waals surface area (Å²) in [5.74, 6) is -0.219. The van der Waals surface area contributed by atoms with Crippen LogP contribution in [0, 0.1) is 0 Å². The van der Waals surface area contributed by atoms with E-state index in [9.17, 15) is 4.79 Å². The summed E-state index contributed by atoms with van der Waals surface area (Å²) in [6.07, 6.45) is 0.609. The molecule has 27 heavy (non-hydrogen) atoms. The summed E-state index contributed by atoms with van der Waals surface area (Å²) in [7, 11) is -1.15. The van der Waals surface area contributed by atoms with E-state index in [-0.39, 0.29) is 23.2 Å². The molecule has 1 heterocycles. The van der Waals surface area contributed by atoms with E-state index in [1.54, 1.807) is 0 Å². The smallest absolute Gasteiger partial charge is 0.322 e. The molecule has 0 spiro atoms. The van der Waals surface area contributed by atoms with Crippen molar-refractivity contribution in [2.24, 2.45) is 0 Å². The fourth-order valence-corrected chi connectivity index (χ4v) is 8.75. The lowest BCUT2D eigenvalue weighted by Crippen LogP contribution is -2.67. The number of ether oxygens (including phenoxy) is 1. The van der Waals surface area contributed by atoms with Crippen molar-refractivity contribution in [3.8, 4) is 0 Å². The van der Waals surface area contributed by atoms with E-state index < -0.39 is 8.32 Å². The Balaban J connectivity index is 2.04. The lowest BCUT2D eigenvalue weighted by molar-refractivity contribution is -0.142. The first-order valence-corrected chi connectivity index (χ1v) is 11.4. The Bertz CT molecular complexity index is 719. The summed E-state index contributed by atoms with van der Waals surface area (Å²) in [5, 5.41) is 5.70. The van der Waals surface area contributed by atoms with Gasteiger partial charge in [-0.1, -0.05) is 81.4 Å². The molecule has 2 aromatic rings. The first kappa shape index (κ1) is 19.8. The van der Waals surface area contributed by atoms with Gasteiger partial charge in [0.2, 0.25) is 0 Å². The van der Waals surface area contributed by atoms with E-state index in [1.165, 1.54) is 17.5 Å². The highest BCUT2D eigenvalue weighted by Gasteiger charge is 2.52. The number of hydrogen-bond acceptors (Lipinski definition) is 4. The summed E-state index contributed by atoms with van der Waals surface area (Å²) in [5.41, 5.74) is 0. The second-order valence-electron chi connectivity index (χ2n) is 8.12. The van der Waals surface area contributed by atoms with Crippen LogP contribution in [0.5, 0.6) is 0 Å². The molecule has 2 aromatic carbocycles. The van der Waals surface area contributed by atoms with E-state index in [0.29, 0.717) is 13.0 Å². The molecular weight excluding hydrogens is 354 g/mol. The minimum absolute atomic E-state index is 0.0274. The molecule has 1 saturated heterocycles. The van der Waals surface area contributed by atoms with E-state index in [4.69, 9.17) is 9.16 Å². The molecule has 0 unspecified atom stereocenters. The molecule has 1 fully saturated rings. The standard InChI is InChI=1S/C22H29NO3Si/c1-22(2,3)27(18-11-7-5-8-12-18,19-13-9-6-10-14-19)26-17-15-20(23-16-17)21(24)25-4/h5-14,17,20,23H,15-16H2,1-4H3/t17-,20+/m0/s1. The number of hydrogen-bond donors (Lipinski definition) is 1. The number of nitrogens with one attached hydrogen (secondary N) is 1. The number of methoxy groups -OCH3 is 1. The highest BCUT2D eigenvalue weighted by molar-refractivity contribution is 6.99. The predicted molar refractivity (Wildman–Crippen MR) is 111 cm³/mol. The van der Waals surface area contributed by atoms with Crippen LogP contribution in [0.25, 0.3) is 0 Å². The highest BCUT2D eigenvalue weighted by atomic mass is 28.4. The summed E-state index contributed by atoms with van der Waals surface area (Å²) in [6, 6.07) is 20.9. The minimum atomic E-state index is -2.58. The maximum absolute atomic E-state index is 11.9. The predicted octanol–water partition coefficient (Wildman–Crippen LogP) is 2.47. The third-order valence-corrected chi connectivity index (χ3v) is 10.4. The van der Waals surface area contributed by atoms with E-state index in [1.807, 2.05) is 12.1 Å². The molecule has 1 N–H and O–H groups in total. The summed E-state index contributed by atoms with van der Waals surface area (Å²) in [6.45, 7) is 7.45. The molecular formula is C22H29NO3Si. The second-order valence-corrected chi connectivity index (χ2v) is 12.4. The number of benzene rings is 2. The number of esters is 1. The van der Waals surface area contributed by atoms with Crippen LogP contribution in [-0.2, 0) is 14.0 Å². The molecule has 1 aliphatic rings. The van der Waals surface area contributed by atoms with Crippen molar-refractivity contribution in [3.63, 3.8) is 0 Å². The number of rotatable bonds is 5. The Morgan fingerprint density at radius 2 is 1.52 bits per heavy atom. The third kappa shape index (κ3) is 3.86. The summed E-state index contributed by atoms with van der Waals surface area (Å²) < 4.78 is 11.9. The molecule has 0 bridgehead atoms. The first-order valence-electron chi connectivity index (χ1n) is 9.48. The first-order chi connectivity index (χ1) is 12.9. The Morgan fingerprint density at radius 1 is 1.00 bits per heavy atom. The third-order valence-electron chi connectivity index (χ3n) is 5.34. The normalized spacial score (nSPS) is 20.4. The Labute approximate surface area is 163 Å². The van der Waals surface area contributed by atoms with Gasteiger partial charge in [0.1, 0.15) is 6.04 Å². The van der Waals surface area contributed by atoms with Crippen molar-refractivity contribution in [2.45, 2.75) is 44.4 Å². The molecule has 1 aliphatic heterocycles. The van der Waals surface area contributed by atoms with Gasteiger partial charge in [0.05, 0.1) is 13.2 Å². The molecule has 4 nitrogen and oxygen atoms in total. The van der Waals surface area contributed by atoms with Crippen LogP contribution in [-0.4, -0.2) is 40.1 Å². The quantitative estimate of drug-likeness (QED) is 0.636. The molecule has 0 aromatic heterocycles. The maximum Gasteiger partial charge on any atom is 0.322 e. The van der Waals surface area contributed by atoms with Crippen molar-refractivity contribution in [1.29, 1.82) is 0 Å². The van der Waals surface area contributed by atoms with Crippen molar-refractivity contribution in [1.82, 2.24) is 5.32 Å². The molecule has 144 valence electrons. The van der Waals surface area contributed by atoms with Gasteiger partial charge in [0.25, 0.3) is 8.32 Å².